The Kier molecular flexibility index (Phi) is 2.98. The maximum Gasteiger partial charge on any atom is 0.118 e. The van der Waals surface area contributed by atoms with Crippen LogP contribution in [-0.2, 0) is 0 Å². The maximum absolute atomic E-state index is 5.12. The van der Waals surface area contributed by atoms with Gasteiger partial charge in [-0.15, -0.1) is 0 Å². The Labute approximate surface area is 110 Å². The first-order chi connectivity index (χ1) is 9.35. The van der Waals surface area contributed by atoms with Gasteiger partial charge in [0.25, 0.3) is 0 Å². The Morgan fingerprint density at radius 3 is 2.79 bits per heavy atom. The highest BCUT2D eigenvalue weighted by Gasteiger charge is 1.96. The Balaban J connectivity index is 1.84. The van der Waals surface area contributed by atoms with Crippen molar-refractivity contribution >= 4 is 22.9 Å². The summed E-state index contributed by atoms with van der Waals surface area (Å²) in [6, 6.07) is 13.6. The van der Waals surface area contributed by atoms with Gasteiger partial charge in [0.15, 0.2) is 0 Å². The Morgan fingerprint density at radius 1 is 1.16 bits per heavy atom. The molecule has 0 aliphatic rings. The Hall–Kier alpha value is -2.62. The molecule has 0 aliphatic carbocycles. The molecule has 0 spiro atoms. The van der Waals surface area contributed by atoms with Crippen LogP contribution in [0.25, 0.3) is 11.0 Å². The van der Waals surface area contributed by atoms with Crippen LogP contribution < -0.4 is 4.74 Å². The quantitative estimate of drug-likeness (QED) is 0.726. The number of nitrogens with zero attached hydrogens (tertiary/aromatic N) is 2. The molecule has 0 fully saturated rings. The van der Waals surface area contributed by atoms with Gasteiger partial charge in [0.2, 0.25) is 0 Å². The minimum Gasteiger partial charge on any atom is -0.497 e. The number of aromatic amines is 1. The summed E-state index contributed by atoms with van der Waals surface area (Å²) < 4.78 is 5.12. The number of nitrogens with one attached hydrogen (secondary N) is 1. The zero-order chi connectivity index (χ0) is 13.1. The molecular formula is C15H13N3O. The second kappa shape index (κ2) is 4.94. The molecule has 0 radical (unpaired) electrons. The van der Waals surface area contributed by atoms with Crippen molar-refractivity contribution in [3.63, 3.8) is 0 Å². The number of imidazole rings is 1. The van der Waals surface area contributed by atoms with Crippen LogP contribution in [0.5, 0.6) is 5.75 Å². The predicted octanol–water partition coefficient (Wildman–Crippen LogP) is 3.32. The van der Waals surface area contributed by atoms with Crippen LogP contribution in [-0.4, -0.2) is 23.3 Å². The first-order valence-corrected chi connectivity index (χ1v) is 5.96. The van der Waals surface area contributed by atoms with E-state index in [1.54, 1.807) is 13.4 Å². The molecule has 1 N–H and O–H groups in total. The van der Waals surface area contributed by atoms with Crippen molar-refractivity contribution in [3.05, 3.63) is 54.4 Å². The molecular weight excluding hydrogens is 238 g/mol. The van der Waals surface area contributed by atoms with Crippen molar-refractivity contribution < 1.29 is 4.74 Å². The minimum absolute atomic E-state index is 0.844. The van der Waals surface area contributed by atoms with E-state index in [1.165, 1.54) is 0 Å². The van der Waals surface area contributed by atoms with Gasteiger partial charge >= 0.3 is 0 Å². The molecule has 0 saturated carbocycles. The lowest BCUT2D eigenvalue weighted by Gasteiger charge is -1.99. The normalized spacial score (nSPS) is 11.2. The largest absolute Gasteiger partial charge is 0.497 e. The second-order valence-electron chi connectivity index (χ2n) is 4.14. The number of fused-ring (bicyclic) bond motifs is 1. The van der Waals surface area contributed by atoms with E-state index < -0.39 is 0 Å². The number of hydrogen-bond donors (Lipinski definition) is 1. The molecule has 3 rings (SSSR count). The van der Waals surface area contributed by atoms with E-state index in [9.17, 15) is 0 Å². The van der Waals surface area contributed by atoms with Crippen LogP contribution >= 0.6 is 0 Å². The Morgan fingerprint density at radius 2 is 2.00 bits per heavy atom. The molecule has 0 saturated heterocycles. The van der Waals surface area contributed by atoms with Gasteiger partial charge < -0.3 is 9.72 Å². The summed E-state index contributed by atoms with van der Waals surface area (Å²) in [5.41, 5.74) is 3.87. The third-order valence-corrected chi connectivity index (χ3v) is 2.88. The van der Waals surface area contributed by atoms with Crippen molar-refractivity contribution in [1.29, 1.82) is 0 Å². The maximum atomic E-state index is 5.12. The first kappa shape index (κ1) is 11.5. The molecule has 0 aliphatic heterocycles. The SMILES string of the molecule is COc1ccc(C=Nc2ccc3nc[nH]c3c2)cc1. The molecule has 19 heavy (non-hydrogen) atoms. The van der Waals surface area contributed by atoms with Gasteiger partial charge in [0, 0.05) is 6.21 Å². The van der Waals surface area contributed by atoms with Crippen molar-refractivity contribution in [2.45, 2.75) is 0 Å². The van der Waals surface area contributed by atoms with Gasteiger partial charge in [-0.05, 0) is 48.0 Å². The molecule has 1 aromatic heterocycles. The zero-order valence-corrected chi connectivity index (χ0v) is 10.5. The van der Waals surface area contributed by atoms with Crippen LogP contribution in [0.4, 0.5) is 5.69 Å². The summed E-state index contributed by atoms with van der Waals surface area (Å²) in [7, 11) is 1.66. The monoisotopic (exact) mass is 251 g/mol. The summed E-state index contributed by atoms with van der Waals surface area (Å²) in [5, 5.41) is 0. The number of hydrogen-bond acceptors (Lipinski definition) is 3. The zero-order valence-electron chi connectivity index (χ0n) is 10.5. The van der Waals surface area contributed by atoms with Crippen molar-refractivity contribution in [3.8, 4) is 5.75 Å². The summed E-state index contributed by atoms with van der Waals surface area (Å²) in [5.74, 6) is 0.844. The molecule has 0 bridgehead atoms. The van der Waals surface area contributed by atoms with Gasteiger partial charge in [-0.1, -0.05) is 0 Å². The number of benzene rings is 2. The van der Waals surface area contributed by atoms with Crippen LogP contribution in [0.1, 0.15) is 5.56 Å². The average Bonchev–Trinajstić information content (AvgIpc) is 2.93. The van der Waals surface area contributed by atoms with Gasteiger partial charge in [-0.2, -0.15) is 0 Å². The number of H-pyrrole nitrogens is 1. The molecule has 1 heterocycles. The van der Waals surface area contributed by atoms with E-state index in [1.807, 2.05) is 48.7 Å². The molecule has 0 unspecified atom stereocenters. The van der Waals surface area contributed by atoms with E-state index in [4.69, 9.17) is 4.74 Å². The highest BCUT2D eigenvalue weighted by atomic mass is 16.5. The van der Waals surface area contributed by atoms with Crippen molar-refractivity contribution in [1.82, 2.24) is 9.97 Å². The van der Waals surface area contributed by atoms with Gasteiger partial charge in [-0.25, -0.2) is 4.98 Å². The third kappa shape index (κ3) is 2.47. The Bertz CT molecular complexity index is 714. The van der Waals surface area contributed by atoms with Crippen LogP contribution in [0.15, 0.2) is 53.8 Å². The number of aliphatic imine (C=N–C) groups is 1. The van der Waals surface area contributed by atoms with E-state index >= 15 is 0 Å². The van der Waals surface area contributed by atoms with Gasteiger partial charge in [-0.3, -0.25) is 4.99 Å². The number of aromatic nitrogens is 2. The number of methoxy groups -OCH3 is 1. The van der Waals surface area contributed by atoms with Crippen LogP contribution in [0, 0.1) is 0 Å². The summed E-state index contributed by atoms with van der Waals surface area (Å²) in [6.45, 7) is 0. The fraction of sp³-hybridized carbons (Fsp3) is 0.0667. The lowest BCUT2D eigenvalue weighted by molar-refractivity contribution is 0.415. The molecule has 0 amide bonds. The van der Waals surface area contributed by atoms with E-state index in [0.717, 1.165) is 28.0 Å². The summed E-state index contributed by atoms with van der Waals surface area (Å²) in [6.07, 6.45) is 3.51. The van der Waals surface area contributed by atoms with E-state index in [2.05, 4.69) is 15.0 Å². The topological polar surface area (TPSA) is 50.3 Å². The highest BCUT2D eigenvalue weighted by Crippen LogP contribution is 2.18. The lowest BCUT2D eigenvalue weighted by atomic mass is 10.2. The van der Waals surface area contributed by atoms with Crippen LogP contribution in [0.2, 0.25) is 0 Å². The van der Waals surface area contributed by atoms with Gasteiger partial charge in [0.1, 0.15) is 5.75 Å². The molecule has 4 nitrogen and oxygen atoms in total. The smallest absolute Gasteiger partial charge is 0.118 e. The van der Waals surface area contributed by atoms with E-state index in [-0.39, 0.29) is 0 Å². The van der Waals surface area contributed by atoms with Crippen molar-refractivity contribution in [2.75, 3.05) is 7.11 Å². The second-order valence-corrected chi connectivity index (χ2v) is 4.14. The van der Waals surface area contributed by atoms with Gasteiger partial charge in [0.05, 0.1) is 30.2 Å². The fourth-order valence-electron chi connectivity index (χ4n) is 1.84. The average molecular weight is 251 g/mol. The molecule has 94 valence electrons. The molecule has 3 aromatic rings. The minimum atomic E-state index is 0.844. The van der Waals surface area contributed by atoms with Crippen molar-refractivity contribution in [2.24, 2.45) is 4.99 Å². The number of ether oxygens (including phenoxy) is 1. The number of rotatable bonds is 3. The van der Waals surface area contributed by atoms with E-state index in [0.29, 0.717) is 0 Å². The molecule has 4 heteroatoms. The summed E-state index contributed by atoms with van der Waals surface area (Å²) in [4.78, 5) is 11.7. The fourth-order valence-corrected chi connectivity index (χ4v) is 1.84. The summed E-state index contributed by atoms with van der Waals surface area (Å²) >= 11 is 0. The van der Waals surface area contributed by atoms with Crippen LogP contribution in [0.3, 0.4) is 0 Å². The standard InChI is InChI=1S/C15H13N3O/c1-19-13-5-2-11(3-6-13)9-16-12-4-7-14-15(8-12)18-10-17-14/h2-10H,1H3,(H,17,18). The highest BCUT2D eigenvalue weighted by molar-refractivity contribution is 5.84. The lowest BCUT2D eigenvalue weighted by Crippen LogP contribution is -1.84. The molecule has 0 atom stereocenters. The third-order valence-electron chi connectivity index (χ3n) is 2.88. The molecule has 2 aromatic carbocycles. The predicted molar refractivity (Wildman–Crippen MR) is 76.3 cm³/mol. The first-order valence-electron chi connectivity index (χ1n) is 5.96.